The van der Waals surface area contributed by atoms with Crippen molar-refractivity contribution in [3.8, 4) is 0 Å². The predicted molar refractivity (Wildman–Crippen MR) is 62.0 cm³/mol. The average molecular weight is 246 g/mol. The Labute approximate surface area is 98.3 Å². The highest BCUT2D eigenvalue weighted by molar-refractivity contribution is 7.80. The van der Waals surface area contributed by atoms with Crippen LogP contribution in [0, 0.1) is 5.41 Å². The van der Waals surface area contributed by atoms with E-state index < -0.39 is 22.0 Å². The van der Waals surface area contributed by atoms with E-state index in [0.717, 1.165) is 12.0 Å². The SMILES string of the molecule is CC(=O)OC1(S(=O)O)C=C(C)CC(C)(C)C1. The van der Waals surface area contributed by atoms with E-state index in [4.69, 9.17) is 4.74 Å². The molecular weight excluding hydrogens is 228 g/mol. The smallest absolute Gasteiger partial charge is 0.304 e. The molecular formula is C11H18O4S. The van der Waals surface area contributed by atoms with E-state index in [-0.39, 0.29) is 5.41 Å². The number of hydrogen-bond donors (Lipinski definition) is 1. The van der Waals surface area contributed by atoms with Gasteiger partial charge in [-0.3, -0.25) is 4.79 Å². The van der Waals surface area contributed by atoms with E-state index in [1.54, 1.807) is 6.08 Å². The van der Waals surface area contributed by atoms with Gasteiger partial charge in [0.2, 0.25) is 16.0 Å². The second-order valence-electron chi connectivity index (χ2n) is 5.16. The van der Waals surface area contributed by atoms with E-state index in [2.05, 4.69) is 0 Å². The zero-order valence-electron chi connectivity index (χ0n) is 10.1. The second-order valence-corrected chi connectivity index (χ2v) is 6.35. The molecule has 0 spiro atoms. The van der Waals surface area contributed by atoms with Crippen LogP contribution < -0.4 is 0 Å². The summed E-state index contributed by atoms with van der Waals surface area (Å²) in [5.74, 6) is -0.538. The maximum absolute atomic E-state index is 11.4. The normalized spacial score (nSPS) is 30.4. The number of allylic oxidation sites excluding steroid dienone is 1. The molecule has 1 rings (SSSR count). The van der Waals surface area contributed by atoms with Gasteiger partial charge in [-0.25, -0.2) is 4.21 Å². The summed E-state index contributed by atoms with van der Waals surface area (Å²) in [5, 5.41) is 0. The van der Waals surface area contributed by atoms with Gasteiger partial charge in [-0.05, 0) is 24.8 Å². The Hall–Kier alpha value is -0.680. The van der Waals surface area contributed by atoms with Crippen molar-refractivity contribution in [3.05, 3.63) is 11.6 Å². The molecule has 0 heterocycles. The fraction of sp³-hybridized carbons (Fsp3) is 0.727. The molecule has 0 amide bonds. The van der Waals surface area contributed by atoms with Crippen molar-refractivity contribution in [3.63, 3.8) is 0 Å². The van der Waals surface area contributed by atoms with Crippen LogP contribution in [-0.2, 0) is 20.6 Å². The molecule has 0 saturated carbocycles. The van der Waals surface area contributed by atoms with Crippen molar-refractivity contribution < 1.29 is 18.3 Å². The van der Waals surface area contributed by atoms with Crippen LogP contribution in [0.1, 0.15) is 40.5 Å². The van der Waals surface area contributed by atoms with E-state index in [1.807, 2.05) is 20.8 Å². The summed E-state index contributed by atoms with van der Waals surface area (Å²) in [5.41, 5.74) is 0.826. The van der Waals surface area contributed by atoms with Crippen molar-refractivity contribution in [1.82, 2.24) is 0 Å². The second kappa shape index (κ2) is 4.30. The summed E-state index contributed by atoms with van der Waals surface area (Å²) in [6, 6.07) is 0. The van der Waals surface area contributed by atoms with Crippen LogP contribution in [0.4, 0.5) is 0 Å². The molecule has 0 fully saturated rings. The van der Waals surface area contributed by atoms with Gasteiger partial charge in [-0.2, -0.15) is 0 Å². The van der Waals surface area contributed by atoms with Gasteiger partial charge in [-0.15, -0.1) is 0 Å². The van der Waals surface area contributed by atoms with E-state index >= 15 is 0 Å². The number of esters is 1. The van der Waals surface area contributed by atoms with Crippen LogP contribution in [-0.4, -0.2) is 19.7 Å². The van der Waals surface area contributed by atoms with Crippen LogP contribution in [0.3, 0.4) is 0 Å². The number of ether oxygens (including phenoxy) is 1. The molecule has 92 valence electrons. The van der Waals surface area contributed by atoms with Gasteiger partial charge in [0.15, 0.2) is 0 Å². The predicted octanol–water partition coefficient (Wildman–Crippen LogP) is 2.23. The zero-order valence-corrected chi connectivity index (χ0v) is 10.9. The van der Waals surface area contributed by atoms with Gasteiger partial charge in [0, 0.05) is 13.3 Å². The van der Waals surface area contributed by atoms with Gasteiger partial charge in [0.25, 0.3) is 0 Å². The quantitative estimate of drug-likeness (QED) is 0.461. The molecule has 0 aliphatic heterocycles. The Morgan fingerprint density at radius 2 is 2.12 bits per heavy atom. The summed E-state index contributed by atoms with van der Waals surface area (Å²) in [6.07, 6.45) is 2.81. The lowest BCUT2D eigenvalue weighted by molar-refractivity contribution is -0.148. The molecule has 0 radical (unpaired) electrons. The molecule has 4 nitrogen and oxygen atoms in total. The van der Waals surface area contributed by atoms with E-state index in [9.17, 15) is 13.6 Å². The van der Waals surface area contributed by atoms with Crippen molar-refractivity contribution in [2.24, 2.45) is 5.41 Å². The standard InChI is InChI=1S/C11H18O4S/c1-8-5-10(3,4)7-11(6-8,16(13)14)15-9(2)12/h6H,5,7H2,1-4H3,(H,13,14). The zero-order chi connectivity index (χ0) is 12.6. The molecule has 1 aliphatic rings. The number of hydrogen-bond acceptors (Lipinski definition) is 3. The molecule has 1 N–H and O–H groups in total. The lowest BCUT2D eigenvalue weighted by Crippen LogP contribution is -2.44. The van der Waals surface area contributed by atoms with E-state index in [0.29, 0.717) is 6.42 Å². The summed E-state index contributed by atoms with van der Waals surface area (Å²) in [7, 11) is 0. The first-order valence-corrected chi connectivity index (χ1v) is 6.26. The van der Waals surface area contributed by atoms with Crippen molar-refractivity contribution in [2.45, 2.75) is 45.5 Å². The van der Waals surface area contributed by atoms with Crippen molar-refractivity contribution >= 4 is 17.0 Å². The van der Waals surface area contributed by atoms with Gasteiger partial charge in [0.05, 0.1) is 0 Å². The molecule has 0 bridgehead atoms. The minimum Gasteiger partial charge on any atom is -0.439 e. The van der Waals surface area contributed by atoms with Crippen LogP contribution in [0.5, 0.6) is 0 Å². The third-order valence-electron chi connectivity index (χ3n) is 2.56. The summed E-state index contributed by atoms with van der Waals surface area (Å²) in [4.78, 5) is 9.66. The molecule has 2 atom stereocenters. The minimum absolute atomic E-state index is 0.146. The molecule has 0 aromatic carbocycles. The number of carbonyl (C=O) groups is 1. The topological polar surface area (TPSA) is 63.6 Å². The molecule has 0 aromatic heterocycles. The lowest BCUT2D eigenvalue weighted by Gasteiger charge is -2.39. The average Bonchev–Trinajstić information content (AvgIpc) is 1.96. The first-order valence-electron chi connectivity index (χ1n) is 5.16. The molecule has 0 saturated heterocycles. The van der Waals surface area contributed by atoms with E-state index in [1.165, 1.54) is 6.92 Å². The summed E-state index contributed by atoms with van der Waals surface area (Å²) in [6.45, 7) is 7.12. The van der Waals surface area contributed by atoms with Gasteiger partial charge in [-0.1, -0.05) is 19.4 Å². The first-order chi connectivity index (χ1) is 7.17. The van der Waals surface area contributed by atoms with Crippen LogP contribution in [0.15, 0.2) is 11.6 Å². The fourth-order valence-electron chi connectivity index (χ4n) is 2.42. The molecule has 5 heteroatoms. The van der Waals surface area contributed by atoms with Gasteiger partial charge >= 0.3 is 5.97 Å². The first kappa shape index (κ1) is 13.4. The summed E-state index contributed by atoms with van der Waals surface area (Å²) < 4.78 is 25.9. The highest BCUT2D eigenvalue weighted by Gasteiger charge is 2.46. The van der Waals surface area contributed by atoms with Crippen LogP contribution >= 0.6 is 0 Å². The molecule has 16 heavy (non-hydrogen) atoms. The molecule has 0 aromatic rings. The van der Waals surface area contributed by atoms with Crippen LogP contribution in [0.2, 0.25) is 0 Å². The monoisotopic (exact) mass is 246 g/mol. The third-order valence-corrected chi connectivity index (χ3v) is 3.50. The Bertz CT molecular complexity index is 359. The largest absolute Gasteiger partial charge is 0.439 e. The maximum Gasteiger partial charge on any atom is 0.304 e. The number of carbonyl (C=O) groups excluding carboxylic acids is 1. The van der Waals surface area contributed by atoms with Gasteiger partial charge < -0.3 is 9.29 Å². The third kappa shape index (κ3) is 2.92. The minimum atomic E-state index is -2.22. The Morgan fingerprint density at radius 3 is 2.50 bits per heavy atom. The summed E-state index contributed by atoms with van der Waals surface area (Å²) >= 11 is -2.22. The van der Waals surface area contributed by atoms with Crippen molar-refractivity contribution in [2.75, 3.05) is 0 Å². The van der Waals surface area contributed by atoms with Crippen LogP contribution in [0.25, 0.3) is 0 Å². The highest BCUT2D eigenvalue weighted by Crippen LogP contribution is 2.43. The fourth-order valence-corrected chi connectivity index (χ4v) is 3.42. The highest BCUT2D eigenvalue weighted by atomic mass is 32.2. The maximum atomic E-state index is 11.4. The Morgan fingerprint density at radius 1 is 1.56 bits per heavy atom. The lowest BCUT2D eigenvalue weighted by atomic mass is 9.76. The van der Waals surface area contributed by atoms with Gasteiger partial charge in [0.1, 0.15) is 0 Å². The molecule has 2 unspecified atom stereocenters. The molecule has 1 aliphatic carbocycles. The Balaban J connectivity index is 3.15. The number of rotatable bonds is 2. The Kier molecular flexibility index (Phi) is 3.59. The van der Waals surface area contributed by atoms with Crippen molar-refractivity contribution in [1.29, 1.82) is 0 Å².